The van der Waals surface area contributed by atoms with Gasteiger partial charge in [0.1, 0.15) is 19.3 Å². The summed E-state index contributed by atoms with van der Waals surface area (Å²) in [5, 5.41) is 10.7. The first-order valence-corrected chi connectivity index (χ1v) is 46.7. The Morgan fingerprint density at radius 3 is 0.683 bits per heavy atom. The minimum Gasteiger partial charge on any atom is -0.462 e. The minimum atomic E-state index is -4.96. The van der Waals surface area contributed by atoms with Crippen LogP contribution in [-0.2, 0) is 65.4 Å². The van der Waals surface area contributed by atoms with Crippen LogP contribution in [0.3, 0.4) is 0 Å². The highest BCUT2D eigenvalue weighted by molar-refractivity contribution is 7.47. The lowest BCUT2D eigenvalue weighted by Gasteiger charge is -2.21. The number of carbonyl (C=O) groups excluding carboxylic acids is 4. The van der Waals surface area contributed by atoms with Gasteiger partial charge in [0.05, 0.1) is 26.4 Å². The van der Waals surface area contributed by atoms with Crippen molar-refractivity contribution in [3.63, 3.8) is 0 Å². The molecular formula is C85H166O17P2. The van der Waals surface area contributed by atoms with Crippen molar-refractivity contribution in [2.24, 2.45) is 23.7 Å². The van der Waals surface area contributed by atoms with Gasteiger partial charge in [-0.25, -0.2) is 9.13 Å². The maximum absolute atomic E-state index is 13.1. The standard InChI is InChI=1S/C85H166O17P2/c1-9-78(8)64-56-48-43-44-50-58-66-83(88)96-72-81(102-84(89)67-59-51-41-35-29-25-21-17-13-11-15-19-23-27-32-38-46-54-62-76(4)5)74-100-104(93,94)98-70-79(86)69-97-103(91,92)99-73-80(101-85(90)68-60-52-42-36-30-33-39-47-55-63-77(6)7)71-95-82(87)65-57-49-40-34-28-24-20-16-12-10-14-18-22-26-31-37-45-53-61-75(2)3/h75-81,86H,9-74H2,1-8H3,(H,91,92)(H,93,94)/t78?,79-,80-,81-/m1/s1. The van der Waals surface area contributed by atoms with Crippen LogP contribution in [0.5, 0.6) is 0 Å². The largest absolute Gasteiger partial charge is 0.472 e. The number of esters is 4. The molecule has 0 aromatic carbocycles. The molecule has 0 aliphatic carbocycles. The van der Waals surface area contributed by atoms with Crippen molar-refractivity contribution in [2.45, 2.75) is 459 Å². The van der Waals surface area contributed by atoms with E-state index in [1.165, 1.54) is 238 Å². The number of rotatable bonds is 82. The fourth-order valence-electron chi connectivity index (χ4n) is 13.1. The van der Waals surface area contributed by atoms with E-state index in [9.17, 15) is 43.2 Å². The first-order valence-electron chi connectivity index (χ1n) is 43.7. The molecule has 0 bridgehead atoms. The molecular weight excluding hydrogens is 1350 g/mol. The van der Waals surface area contributed by atoms with Crippen LogP contribution >= 0.6 is 15.6 Å². The van der Waals surface area contributed by atoms with Gasteiger partial charge in [-0.05, 0) is 49.4 Å². The molecule has 0 rings (SSSR count). The molecule has 104 heavy (non-hydrogen) atoms. The molecule has 19 heteroatoms. The maximum Gasteiger partial charge on any atom is 0.472 e. The van der Waals surface area contributed by atoms with Crippen LogP contribution in [0.1, 0.15) is 441 Å². The third kappa shape index (κ3) is 76.8. The van der Waals surface area contributed by atoms with Crippen LogP contribution in [-0.4, -0.2) is 96.7 Å². The Morgan fingerprint density at radius 2 is 0.462 bits per heavy atom. The van der Waals surface area contributed by atoms with E-state index in [0.717, 1.165) is 120 Å². The van der Waals surface area contributed by atoms with Crippen LogP contribution in [0, 0.1) is 23.7 Å². The van der Waals surface area contributed by atoms with E-state index in [2.05, 4.69) is 55.4 Å². The molecule has 0 fully saturated rings. The summed E-state index contributed by atoms with van der Waals surface area (Å²) in [6, 6.07) is 0. The predicted octanol–water partition coefficient (Wildman–Crippen LogP) is 25.6. The zero-order valence-electron chi connectivity index (χ0n) is 68.7. The van der Waals surface area contributed by atoms with Gasteiger partial charge in [0.15, 0.2) is 12.2 Å². The van der Waals surface area contributed by atoms with E-state index in [0.29, 0.717) is 25.7 Å². The van der Waals surface area contributed by atoms with Gasteiger partial charge in [-0.2, -0.15) is 0 Å². The number of hydrogen-bond acceptors (Lipinski definition) is 15. The van der Waals surface area contributed by atoms with Gasteiger partial charge in [0, 0.05) is 25.7 Å². The fourth-order valence-corrected chi connectivity index (χ4v) is 14.7. The van der Waals surface area contributed by atoms with E-state index in [1.807, 2.05) is 0 Å². The molecule has 3 N–H and O–H groups in total. The van der Waals surface area contributed by atoms with E-state index < -0.39 is 97.5 Å². The van der Waals surface area contributed by atoms with E-state index in [-0.39, 0.29) is 25.7 Å². The van der Waals surface area contributed by atoms with Gasteiger partial charge in [-0.15, -0.1) is 0 Å². The average molecular weight is 1520 g/mol. The van der Waals surface area contributed by atoms with Gasteiger partial charge >= 0.3 is 39.5 Å². The molecule has 3 unspecified atom stereocenters. The number of carbonyl (C=O) groups is 4. The predicted molar refractivity (Wildman–Crippen MR) is 428 cm³/mol. The fraction of sp³-hybridized carbons (Fsp3) is 0.953. The molecule has 17 nitrogen and oxygen atoms in total. The second-order valence-corrected chi connectivity index (χ2v) is 35.2. The molecule has 0 saturated heterocycles. The van der Waals surface area contributed by atoms with Crippen molar-refractivity contribution >= 4 is 39.5 Å². The van der Waals surface area contributed by atoms with Gasteiger partial charge in [0.25, 0.3) is 0 Å². The quantitative estimate of drug-likeness (QED) is 0.0222. The summed E-state index contributed by atoms with van der Waals surface area (Å²) in [4.78, 5) is 73.1. The van der Waals surface area contributed by atoms with Gasteiger partial charge in [-0.3, -0.25) is 37.3 Å². The lowest BCUT2D eigenvalue weighted by Crippen LogP contribution is -2.30. The van der Waals surface area contributed by atoms with Crippen molar-refractivity contribution in [2.75, 3.05) is 39.6 Å². The van der Waals surface area contributed by atoms with Crippen molar-refractivity contribution in [3.8, 4) is 0 Å². The third-order valence-electron chi connectivity index (χ3n) is 20.2. The molecule has 0 amide bonds. The van der Waals surface area contributed by atoms with Gasteiger partial charge < -0.3 is 33.8 Å². The number of phosphoric ester groups is 2. The highest BCUT2D eigenvalue weighted by Crippen LogP contribution is 2.45. The lowest BCUT2D eigenvalue weighted by atomic mass is 10.00. The first-order chi connectivity index (χ1) is 50.1. The molecule has 0 aromatic heterocycles. The zero-order valence-corrected chi connectivity index (χ0v) is 70.5. The van der Waals surface area contributed by atoms with Crippen molar-refractivity contribution in [1.82, 2.24) is 0 Å². The summed E-state index contributed by atoms with van der Waals surface area (Å²) in [7, 11) is -9.93. The molecule has 0 heterocycles. The third-order valence-corrected chi connectivity index (χ3v) is 22.1. The SMILES string of the molecule is CCC(C)CCCCCCCCC(=O)OC[C@H](COP(=O)(O)OC[C@H](O)COP(=O)(O)OC[C@@H](COC(=O)CCCCCCCCCCCCCCCCCCCCC(C)C)OC(=O)CCCCCCCCCCCC(C)C)OC(=O)CCCCCCCCCCCCCCCCCCCCC(C)C. The summed E-state index contributed by atoms with van der Waals surface area (Å²) in [6.45, 7) is 14.3. The Bertz CT molecular complexity index is 2030. The molecule has 0 saturated carbocycles. The highest BCUT2D eigenvalue weighted by atomic mass is 31.2. The zero-order chi connectivity index (χ0) is 76.7. The van der Waals surface area contributed by atoms with Crippen molar-refractivity contribution in [1.29, 1.82) is 0 Å². The molecule has 618 valence electrons. The average Bonchev–Trinajstić information content (AvgIpc) is 0.911. The topological polar surface area (TPSA) is 237 Å². The monoisotopic (exact) mass is 1520 g/mol. The Kier molecular flexibility index (Phi) is 72.5. The van der Waals surface area contributed by atoms with E-state index in [1.54, 1.807) is 0 Å². The molecule has 0 spiro atoms. The Hall–Kier alpha value is -1.94. The van der Waals surface area contributed by atoms with Crippen LogP contribution in [0.2, 0.25) is 0 Å². The maximum atomic E-state index is 13.1. The van der Waals surface area contributed by atoms with Gasteiger partial charge in [-0.1, -0.05) is 389 Å². The molecule has 0 radical (unpaired) electrons. The van der Waals surface area contributed by atoms with Gasteiger partial charge in [0.2, 0.25) is 0 Å². The Balaban J connectivity index is 5.15. The molecule has 0 aliphatic heterocycles. The summed E-state index contributed by atoms with van der Waals surface area (Å²) in [5.74, 6) is 0.998. The summed E-state index contributed by atoms with van der Waals surface area (Å²) >= 11 is 0. The Labute approximate surface area is 638 Å². The van der Waals surface area contributed by atoms with Crippen molar-refractivity contribution in [3.05, 3.63) is 0 Å². The number of aliphatic hydroxyl groups excluding tert-OH is 1. The number of ether oxygens (including phenoxy) is 4. The highest BCUT2D eigenvalue weighted by Gasteiger charge is 2.30. The number of phosphoric acid groups is 2. The first kappa shape index (κ1) is 102. The van der Waals surface area contributed by atoms with E-state index in [4.69, 9.17) is 37.0 Å². The second kappa shape index (κ2) is 73.8. The van der Waals surface area contributed by atoms with Crippen molar-refractivity contribution < 1.29 is 80.2 Å². The molecule has 0 aromatic rings. The number of hydrogen-bond donors (Lipinski definition) is 3. The lowest BCUT2D eigenvalue weighted by molar-refractivity contribution is -0.161. The van der Waals surface area contributed by atoms with Crippen LogP contribution in [0.15, 0.2) is 0 Å². The number of unbranched alkanes of at least 4 members (excludes halogenated alkanes) is 47. The van der Waals surface area contributed by atoms with Crippen LogP contribution in [0.25, 0.3) is 0 Å². The smallest absolute Gasteiger partial charge is 0.462 e. The summed E-state index contributed by atoms with van der Waals surface area (Å²) in [5.41, 5.74) is 0. The second-order valence-electron chi connectivity index (χ2n) is 32.2. The summed E-state index contributed by atoms with van der Waals surface area (Å²) in [6.07, 6.45) is 62.7. The van der Waals surface area contributed by atoms with Crippen LogP contribution < -0.4 is 0 Å². The molecule has 6 atom stereocenters. The summed E-state index contributed by atoms with van der Waals surface area (Å²) < 4.78 is 68.8. The number of aliphatic hydroxyl groups is 1. The molecule has 0 aliphatic rings. The minimum absolute atomic E-state index is 0.106. The Morgan fingerprint density at radius 1 is 0.269 bits per heavy atom. The van der Waals surface area contributed by atoms with E-state index >= 15 is 0 Å². The van der Waals surface area contributed by atoms with Crippen LogP contribution in [0.4, 0.5) is 0 Å². The normalized spacial score (nSPS) is 14.2.